The lowest BCUT2D eigenvalue weighted by Gasteiger charge is -2.34. The van der Waals surface area contributed by atoms with E-state index in [4.69, 9.17) is 10.5 Å². The molecule has 2 rings (SSSR count). The third-order valence-corrected chi connectivity index (χ3v) is 3.16. The van der Waals surface area contributed by atoms with Crippen LogP contribution >= 0.6 is 0 Å². The molecular formula is C15H20N2O2. The van der Waals surface area contributed by atoms with E-state index in [9.17, 15) is 4.79 Å². The second-order valence-electron chi connectivity index (χ2n) is 4.90. The van der Waals surface area contributed by atoms with Crippen LogP contribution in [0.3, 0.4) is 0 Å². The summed E-state index contributed by atoms with van der Waals surface area (Å²) < 4.78 is 5.74. The zero-order chi connectivity index (χ0) is 14.0. The molecule has 2 N–H and O–H groups in total. The minimum Gasteiger partial charge on any atom is -0.478 e. The van der Waals surface area contributed by atoms with Crippen molar-refractivity contribution in [2.24, 2.45) is 5.73 Å². The predicted octanol–water partition coefficient (Wildman–Crippen LogP) is 2.23. The summed E-state index contributed by atoms with van der Waals surface area (Å²) >= 11 is 0. The highest BCUT2D eigenvalue weighted by Crippen LogP contribution is 2.35. The van der Waals surface area contributed by atoms with E-state index in [1.54, 1.807) is 4.90 Å². The molecule has 0 spiro atoms. The predicted molar refractivity (Wildman–Crippen MR) is 76.2 cm³/mol. The van der Waals surface area contributed by atoms with Gasteiger partial charge in [-0.3, -0.25) is 4.79 Å². The number of benzene rings is 1. The quantitative estimate of drug-likeness (QED) is 0.845. The molecule has 0 fully saturated rings. The Kier molecular flexibility index (Phi) is 3.90. The number of fused-ring (bicyclic) bond motifs is 1. The Hall–Kier alpha value is -1.81. The second-order valence-corrected chi connectivity index (χ2v) is 4.90. The second kappa shape index (κ2) is 5.45. The highest BCUT2D eigenvalue weighted by Gasteiger charge is 2.33. The maximum atomic E-state index is 12.4. The maximum Gasteiger partial charge on any atom is 0.268 e. The Bertz CT molecular complexity index is 511. The number of hydrogen-bond donors (Lipinski definition) is 1. The number of carbonyl (C=O) groups is 1. The van der Waals surface area contributed by atoms with E-state index in [1.165, 1.54) is 0 Å². The summed E-state index contributed by atoms with van der Waals surface area (Å²) in [6.07, 6.45) is 0.249. The van der Waals surface area contributed by atoms with Gasteiger partial charge in [-0.25, -0.2) is 0 Å². The Morgan fingerprint density at radius 1 is 1.53 bits per heavy atom. The zero-order valence-electron chi connectivity index (χ0n) is 11.5. The normalized spacial score (nSPS) is 17.9. The molecule has 1 aliphatic rings. The van der Waals surface area contributed by atoms with Crippen molar-refractivity contribution in [3.8, 4) is 5.75 Å². The van der Waals surface area contributed by atoms with Crippen molar-refractivity contribution >= 4 is 11.6 Å². The van der Waals surface area contributed by atoms with Gasteiger partial charge in [0.15, 0.2) is 6.10 Å². The summed E-state index contributed by atoms with van der Waals surface area (Å²) in [7, 11) is 0. The number of amides is 1. The third kappa shape index (κ3) is 2.63. The summed E-state index contributed by atoms with van der Waals surface area (Å²) in [5.74, 6) is 0.733. The molecule has 0 aliphatic carbocycles. The molecule has 102 valence electrons. The average molecular weight is 260 g/mol. The van der Waals surface area contributed by atoms with Gasteiger partial charge < -0.3 is 15.4 Å². The van der Waals surface area contributed by atoms with Crippen molar-refractivity contribution in [3.63, 3.8) is 0 Å². The first-order valence-electron chi connectivity index (χ1n) is 6.52. The molecule has 4 heteroatoms. The fourth-order valence-corrected chi connectivity index (χ4v) is 2.19. The molecule has 0 saturated heterocycles. The van der Waals surface area contributed by atoms with Crippen LogP contribution in [0.25, 0.3) is 0 Å². The van der Waals surface area contributed by atoms with Crippen LogP contribution in [-0.2, 0) is 11.3 Å². The van der Waals surface area contributed by atoms with Gasteiger partial charge in [-0.15, -0.1) is 0 Å². The van der Waals surface area contributed by atoms with Gasteiger partial charge in [-0.1, -0.05) is 25.1 Å². The van der Waals surface area contributed by atoms with Gasteiger partial charge >= 0.3 is 0 Å². The number of anilines is 1. The van der Waals surface area contributed by atoms with Crippen LogP contribution in [-0.4, -0.2) is 18.6 Å². The Morgan fingerprint density at radius 3 is 2.84 bits per heavy atom. The first-order chi connectivity index (χ1) is 9.06. The van der Waals surface area contributed by atoms with Crippen molar-refractivity contribution in [2.75, 3.05) is 11.4 Å². The van der Waals surface area contributed by atoms with Gasteiger partial charge in [-0.2, -0.15) is 0 Å². The van der Waals surface area contributed by atoms with Gasteiger partial charge in [0.25, 0.3) is 5.91 Å². The molecule has 1 aromatic rings. The number of carbonyl (C=O) groups excluding carboxylic acids is 1. The molecular weight excluding hydrogens is 240 g/mol. The number of nitrogens with two attached hydrogens (primary N) is 1. The fourth-order valence-electron chi connectivity index (χ4n) is 2.19. The van der Waals surface area contributed by atoms with Crippen LogP contribution < -0.4 is 15.4 Å². The van der Waals surface area contributed by atoms with Crippen molar-refractivity contribution in [3.05, 3.63) is 35.9 Å². The number of rotatable bonds is 4. The molecule has 1 atom stereocenters. The van der Waals surface area contributed by atoms with Crippen molar-refractivity contribution in [1.82, 2.24) is 0 Å². The monoisotopic (exact) mass is 260 g/mol. The molecule has 0 saturated carbocycles. The van der Waals surface area contributed by atoms with Crippen molar-refractivity contribution < 1.29 is 9.53 Å². The van der Waals surface area contributed by atoms with Crippen LogP contribution in [0, 0.1) is 0 Å². The lowest BCUT2D eigenvalue weighted by Crippen LogP contribution is -2.46. The minimum atomic E-state index is -0.407. The zero-order valence-corrected chi connectivity index (χ0v) is 11.5. The van der Waals surface area contributed by atoms with Gasteiger partial charge in [0.1, 0.15) is 5.75 Å². The molecule has 0 radical (unpaired) electrons. The third-order valence-electron chi connectivity index (χ3n) is 3.16. The molecule has 4 nitrogen and oxygen atoms in total. The summed E-state index contributed by atoms with van der Waals surface area (Å²) in [4.78, 5) is 14.1. The Morgan fingerprint density at radius 2 is 2.26 bits per heavy atom. The molecule has 1 aliphatic heterocycles. The molecule has 1 unspecified atom stereocenters. The summed E-state index contributed by atoms with van der Waals surface area (Å²) in [6, 6.07) is 5.74. The van der Waals surface area contributed by atoms with Crippen LogP contribution in [0.1, 0.15) is 25.8 Å². The van der Waals surface area contributed by atoms with E-state index in [-0.39, 0.29) is 5.91 Å². The molecule has 1 aromatic carbocycles. The topological polar surface area (TPSA) is 55.6 Å². The highest BCUT2D eigenvalue weighted by atomic mass is 16.5. The van der Waals surface area contributed by atoms with Crippen LogP contribution in [0.4, 0.5) is 5.69 Å². The van der Waals surface area contributed by atoms with Crippen LogP contribution in [0.15, 0.2) is 30.4 Å². The van der Waals surface area contributed by atoms with Gasteiger partial charge in [-0.05, 0) is 31.0 Å². The lowest BCUT2D eigenvalue weighted by atomic mass is 10.1. The van der Waals surface area contributed by atoms with Crippen LogP contribution in [0.5, 0.6) is 5.75 Å². The van der Waals surface area contributed by atoms with Gasteiger partial charge in [0, 0.05) is 13.1 Å². The van der Waals surface area contributed by atoms with Gasteiger partial charge in [0.05, 0.1) is 5.69 Å². The molecule has 1 amide bonds. The molecule has 0 bridgehead atoms. The van der Waals surface area contributed by atoms with Crippen molar-refractivity contribution in [2.45, 2.75) is 32.9 Å². The first kappa shape index (κ1) is 13.6. The van der Waals surface area contributed by atoms with E-state index in [2.05, 4.69) is 6.58 Å². The van der Waals surface area contributed by atoms with Crippen LogP contribution in [0.2, 0.25) is 0 Å². The molecule has 0 aromatic heterocycles. The van der Waals surface area contributed by atoms with E-state index in [0.29, 0.717) is 19.5 Å². The largest absolute Gasteiger partial charge is 0.478 e. The number of nitrogens with zero attached hydrogens (tertiary/aromatic N) is 1. The van der Waals surface area contributed by atoms with E-state index >= 15 is 0 Å². The smallest absolute Gasteiger partial charge is 0.268 e. The van der Waals surface area contributed by atoms with Crippen molar-refractivity contribution in [1.29, 1.82) is 0 Å². The maximum absolute atomic E-state index is 12.4. The lowest BCUT2D eigenvalue weighted by molar-refractivity contribution is -0.126. The van der Waals surface area contributed by atoms with E-state index in [1.807, 2.05) is 32.0 Å². The SMILES string of the molecule is C=C(C)CN1C(=O)C(CC)Oc2ccc(CN)cc21. The highest BCUT2D eigenvalue weighted by molar-refractivity contribution is 6.00. The fraction of sp³-hybridized carbons (Fsp3) is 0.400. The summed E-state index contributed by atoms with van der Waals surface area (Å²) in [6.45, 7) is 8.71. The minimum absolute atomic E-state index is 0.00725. The number of hydrogen-bond acceptors (Lipinski definition) is 3. The summed E-state index contributed by atoms with van der Waals surface area (Å²) in [5.41, 5.74) is 8.37. The van der Waals surface area contributed by atoms with Gasteiger partial charge in [0.2, 0.25) is 0 Å². The first-order valence-corrected chi connectivity index (χ1v) is 6.52. The molecule has 19 heavy (non-hydrogen) atoms. The summed E-state index contributed by atoms with van der Waals surface area (Å²) in [5, 5.41) is 0. The standard InChI is InChI=1S/C15H20N2O2/c1-4-13-15(18)17(9-10(2)3)12-7-11(8-16)5-6-14(12)19-13/h5-7,13H,2,4,8-9,16H2,1,3H3. The Balaban J connectivity index is 2.45. The van der Waals surface area contributed by atoms with E-state index in [0.717, 1.165) is 22.6 Å². The number of ether oxygens (including phenoxy) is 1. The average Bonchev–Trinajstić information content (AvgIpc) is 2.40. The van der Waals surface area contributed by atoms with E-state index < -0.39 is 6.10 Å². The molecule has 1 heterocycles. The Labute approximate surface area is 113 Å².